The standard InChI is InChI=1S/C14H13Cl2NO4/c1-21-14(17)12(16)11(19)8(10(15)13(14)20)6-7-4-2-3-5-9(7)18/h2-5,12,18H,6,17H2,1H3. The number of aromatic hydroxyl groups is 1. The van der Waals surface area contributed by atoms with Gasteiger partial charge in [0.2, 0.25) is 11.5 Å². The fraction of sp³-hybridized carbons (Fsp3) is 0.286. The molecule has 0 heterocycles. The number of ether oxygens (including phenoxy) is 1. The second-order valence-electron chi connectivity index (χ2n) is 4.65. The van der Waals surface area contributed by atoms with Crippen LogP contribution < -0.4 is 5.73 Å². The van der Waals surface area contributed by atoms with Crippen LogP contribution in [0.1, 0.15) is 5.56 Å². The van der Waals surface area contributed by atoms with E-state index < -0.39 is 22.7 Å². The van der Waals surface area contributed by atoms with Gasteiger partial charge in [0.05, 0.1) is 5.03 Å². The number of alkyl halides is 1. The number of carbonyl (C=O) groups is 2. The van der Waals surface area contributed by atoms with E-state index in [2.05, 4.69) is 0 Å². The topological polar surface area (TPSA) is 89.6 Å². The Bertz CT molecular complexity index is 644. The number of phenols is 1. The summed E-state index contributed by atoms with van der Waals surface area (Å²) in [6.07, 6.45) is -0.0148. The molecule has 0 saturated heterocycles. The first kappa shape index (κ1) is 16.0. The van der Waals surface area contributed by atoms with Gasteiger partial charge in [0.1, 0.15) is 11.1 Å². The summed E-state index contributed by atoms with van der Waals surface area (Å²) in [5.41, 5.74) is 4.22. The quantitative estimate of drug-likeness (QED) is 0.647. The van der Waals surface area contributed by atoms with Crippen molar-refractivity contribution >= 4 is 34.8 Å². The maximum absolute atomic E-state index is 12.3. The third-order valence-corrected chi connectivity index (χ3v) is 4.34. The van der Waals surface area contributed by atoms with Crippen molar-refractivity contribution in [3.05, 3.63) is 40.4 Å². The molecule has 21 heavy (non-hydrogen) atoms. The average Bonchev–Trinajstić information content (AvgIpc) is 2.49. The summed E-state index contributed by atoms with van der Waals surface area (Å²) >= 11 is 11.9. The highest BCUT2D eigenvalue weighted by Gasteiger charge is 2.52. The second kappa shape index (κ2) is 5.77. The molecule has 112 valence electrons. The highest BCUT2D eigenvalue weighted by atomic mass is 35.5. The summed E-state index contributed by atoms with van der Waals surface area (Å²) in [6, 6.07) is 6.43. The molecule has 1 aliphatic rings. The molecular formula is C14H13Cl2NO4. The number of hydrogen-bond acceptors (Lipinski definition) is 5. The molecule has 0 aromatic heterocycles. The Hall–Kier alpha value is -1.40. The third-order valence-electron chi connectivity index (χ3n) is 3.42. The molecule has 1 aliphatic carbocycles. The lowest BCUT2D eigenvalue weighted by atomic mass is 9.86. The van der Waals surface area contributed by atoms with E-state index in [1.807, 2.05) is 0 Å². The van der Waals surface area contributed by atoms with Crippen molar-refractivity contribution < 1.29 is 19.4 Å². The van der Waals surface area contributed by atoms with Crippen molar-refractivity contribution in [3.8, 4) is 5.75 Å². The Morgan fingerprint density at radius 1 is 1.38 bits per heavy atom. The van der Waals surface area contributed by atoms with Crippen molar-refractivity contribution in [2.24, 2.45) is 5.73 Å². The van der Waals surface area contributed by atoms with Crippen LogP contribution in [0.3, 0.4) is 0 Å². The minimum absolute atomic E-state index is 0.00263. The maximum atomic E-state index is 12.3. The van der Waals surface area contributed by atoms with Crippen LogP contribution in [0.15, 0.2) is 34.9 Å². The van der Waals surface area contributed by atoms with E-state index in [9.17, 15) is 14.7 Å². The van der Waals surface area contributed by atoms with Crippen LogP contribution in [-0.4, -0.2) is 34.9 Å². The molecule has 2 atom stereocenters. The van der Waals surface area contributed by atoms with Gasteiger partial charge in [0.15, 0.2) is 5.78 Å². The van der Waals surface area contributed by atoms with Crippen LogP contribution in [0.2, 0.25) is 0 Å². The molecule has 0 aliphatic heterocycles. The van der Waals surface area contributed by atoms with Gasteiger partial charge in [-0.2, -0.15) is 0 Å². The Kier molecular flexibility index (Phi) is 4.39. The molecule has 0 amide bonds. The molecule has 3 N–H and O–H groups in total. The molecule has 2 unspecified atom stereocenters. The lowest BCUT2D eigenvalue weighted by Gasteiger charge is -2.34. The normalized spacial score (nSPS) is 26.4. The van der Waals surface area contributed by atoms with Crippen LogP contribution >= 0.6 is 23.2 Å². The molecule has 0 bridgehead atoms. The summed E-state index contributed by atoms with van der Waals surface area (Å²) in [5.74, 6) is -1.34. The Labute approximate surface area is 131 Å². The summed E-state index contributed by atoms with van der Waals surface area (Å²) < 4.78 is 4.87. The van der Waals surface area contributed by atoms with E-state index in [0.29, 0.717) is 5.56 Å². The van der Waals surface area contributed by atoms with Crippen molar-refractivity contribution in [2.75, 3.05) is 7.11 Å². The molecule has 7 heteroatoms. The van der Waals surface area contributed by atoms with Gasteiger partial charge in [-0.3, -0.25) is 15.3 Å². The number of carbonyl (C=O) groups excluding carboxylic acids is 2. The first-order valence-electron chi connectivity index (χ1n) is 6.05. The first-order valence-corrected chi connectivity index (χ1v) is 6.87. The maximum Gasteiger partial charge on any atom is 0.223 e. The van der Waals surface area contributed by atoms with Crippen LogP contribution in [0.5, 0.6) is 5.75 Å². The van der Waals surface area contributed by atoms with Crippen molar-refractivity contribution in [1.82, 2.24) is 0 Å². The van der Waals surface area contributed by atoms with E-state index in [1.54, 1.807) is 18.2 Å². The van der Waals surface area contributed by atoms with Gasteiger partial charge in [0.25, 0.3) is 0 Å². The number of ketones is 2. The smallest absolute Gasteiger partial charge is 0.223 e. The predicted molar refractivity (Wildman–Crippen MR) is 78.3 cm³/mol. The number of hydrogen-bond donors (Lipinski definition) is 2. The number of nitrogens with two attached hydrogens (primary N) is 1. The lowest BCUT2D eigenvalue weighted by molar-refractivity contribution is -0.142. The van der Waals surface area contributed by atoms with Gasteiger partial charge in [-0.1, -0.05) is 29.8 Å². The third kappa shape index (κ3) is 2.58. The number of halogens is 2. The van der Waals surface area contributed by atoms with E-state index in [1.165, 1.54) is 13.2 Å². The zero-order chi connectivity index (χ0) is 15.8. The van der Waals surface area contributed by atoms with Crippen molar-refractivity contribution in [2.45, 2.75) is 17.5 Å². The minimum atomic E-state index is -1.97. The molecule has 1 aromatic rings. The van der Waals surface area contributed by atoms with E-state index in [0.717, 1.165) is 0 Å². The zero-order valence-electron chi connectivity index (χ0n) is 11.1. The molecule has 5 nitrogen and oxygen atoms in total. The van der Waals surface area contributed by atoms with E-state index in [-0.39, 0.29) is 22.8 Å². The zero-order valence-corrected chi connectivity index (χ0v) is 12.6. The summed E-state index contributed by atoms with van der Waals surface area (Å²) in [5, 5.41) is 8.06. The molecule has 1 aromatic carbocycles. The summed E-state index contributed by atoms with van der Waals surface area (Å²) in [6.45, 7) is 0. The molecule has 2 rings (SSSR count). The number of phenolic OH excluding ortho intramolecular Hbond substituents is 1. The second-order valence-corrected chi connectivity index (χ2v) is 5.47. The number of benzene rings is 1. The SMILES string of the molecule is COC1(N)C(=O)C(Cl)=C(Cc2ccccc2O)C(=O)C1Cl. The average molecular weight is 330 g/mol. The highest BCUT2D eigenvalue weighted by Crippen LogP contribution is 2.34. The Morgan fingerprint density at radius 2 is 2.00 bits per heavy atom. The fourth-order valence-corrected chi connectivity index (χ4v) is 2.72. The van der Waals surface area contributed by atoms with Crippen molar-refractivity contribution in [1.29, 1.82) is 0 Å². The van der Waals surface area contributed by atoms with Crippen LogP contribution in [0.25, 0.3) is 0 Å². The Balaban J connectivity index is 2.46. The van der Waals surface area contributed by atoms with Crippen LogP contribution in [-0.2, 0) is 20.7 Å². The van der Waals surface area contributed by atoms with Gasteiger partial charge in [-0.25, -0.2) is 0 Å². The Morgan fingerprint density at radius 3 is 2.57 bits per heavy atom. The van der Waals surface area contributed by atoms with Crippen LogP contribution in [0.4, 0.5) is 0 Å². The summed E-state index contributed by atoms with van der Waals surface area (Å²) in [7, 11) is 1.18. The first-order chi connectivity index (χ1) is 9.82. The van der Waals surface area contributed by atoms with E-state index >= 15 is 0 Å². The lowest BCUT2D eigenvalue weighted by Crippen LogP contribution is -2.62. The van der Waals surface area contributed by atoms with Crippen molar-refractivity contribution in [3.63, 3.8) is 0 Å². The number of rotatable bonds is 3. The number of Topliss-reactive ketones (excluding diaryl/α,β-unsaturated/α-hetero) is 2. The van der Waals surface area contributed by atoms with Gasteiger partial charge in [0, 0.05) is 19.1 Å². The largest absolute Gasteiger partial charge is 0.508 e. The molecule has 0 radical (unpaired) electrons. The van der Waals surface area contributed by atoms with Crippen LogP contribution in [0, 0.1) is 0 Å². The summed E-state index contributed by atoms with van der Waals surface area (Å²) in [4.78, 5) is 24.5. The molecule has 0 spiro atoms. The van der Waals surface area contributed by atoms with Gasteiger partial charge in [-0.05, 0) is 11.6 Å². The monoisotopic (exact) mass is 329 g/mol. The van der Waals surface area contributed by atoms with E-state index in [4.69, 9.17) is 33.7 Å². The van der Waals surface area contributed by atoms with Gasteiger partial charge < -0.3 is 9.84 Å². The van der Waals surface area contributed by atoms with Gasteiger partial charge in [-0.15, -0.1) is 11.6 Å². The fourth-order valence-electron chi connectivity index (χ4n) is 2.09. The van der Waals surface area contributed by atoms with Gasteiger partial charge >= 0.3 is 0 Å². The number of para-hydroxylation sites is 1. The minimum Gasteiger partial charge on any atom is -0.508 e. The number of allylic oxidation sites excluding steroid dienone is 1. The molecular weight excluding hydrogens is 317 g/mol. The highest BCUT2D eigenvalue weighted by molar-refractivity contribution is 6.51. The molecule has 0 fully saturated rings. The predicted octanol–water partition coefficient (Wildman–Crippen LogP) is 1.49. The molecule has 0 saturated carbocycles. The number of methoxy groups -OCH3 is 1.